The monoisotopic (exact) mass is 224 g/mol. The maximum Gasteiger partial charge on any atom is 0.123 e. The fourth-order valence-corrected chi connectivity index (χ4v) is 3.87. The average molecular weight is 225 g/mol. The predicted octanol–water partition coefficient (Wildman–Crippen LogP) is 3.79. The minimum Gasteiger partial charge on any atom is -0.207 e. The van der Waals surface area contributed by atoms with Crippen LogP contribution in [0.1, 0.15) is 30.4 Å². The van der Waals surface area contributed by atoms with Crippen LogP contribution in [-0.4, -0.2) is 5.88 Å². The molecule has 0 nitrogen and oxygen atoms in total. The molecule has 0 amide bonds. The van der Waals surface area contributed by atoms with Crippen molar-refractivity contribution in [3.63, 3.8) is 0 Å². The highest BCUT2D eigenvalue weighted by atomic mass is 35.5. The third-order valence-electron chi connectivity index (χ3n) is 4.19. The summed E-state index contributed by atoms with van der Waals surface area (Å²) >= 11 is 5.93. The number of benzene rings is 1. The fourth-order valence-electron chi connectivity index (χ4n) is 3.59. The number of hydrogen-bond acceptors (Lipinski definition) is 0. The van der Waals surface area contributed by atoms with Crippen LogP contribution in [0.25, 0.3) is 0 Å². The highest BCUT2D eigenvalue weighted by Crippen LogP contribution is 2.74. The van der Waals surface area contributed by atoms with Crippen LogP contribution in [0.15, 0.2) is 18.2 Å². The third kappa shape index (κ3) is 1.13. The van der Waals surface area contributed by atoms with Crippen LogP contribution >= 0.6 is 11.6 Å². The molecule has 3 aliphatic carbocycles. The zero-order valence-electron chi connectivity index (χ0n) is 8.82. The molecule has 0 unspecified atom stereocenters. The summed E-state index contributed by atoms with van der Waals surface area (Å²) in [5.74, 6) is 0.656. The van der Waals surface area contributed by atoms with Crippen LogP contribution < -0.4 is 0 Å². The molecule has 0 N–H and O–H groups in total. The number of rotatable bonds is 2. The van der Waals surface area contributed by atoms with Gasteiger partial charge in [-0.05, 0) is 60.3 Å². The minimum atomic E-state index is -0.111. The summed E-state index contributed by atoms with van der Waals surface area (Å²) in [6.07, 6.45) is 3.48. The smallest absolute Gasteiger partial charge is 0.123 e. The van der Waals surface area contributed by atoms with Gasteiger partial charge in [-0.2, -0.15) is 0 Å². The second kappa shape index (κ2) is 2.76. The van der Waals surface area contributed by atoms with Gasteiger partial charge in [0.2, 0.25) is 0 Å². The van der Waals surface area contributed by atoms with Crippen LogP contribution in [-0.2, 0) is 5.41 Å². The molecule has 2 bridgehead atoms. The van der Waals surface area contributed by atoms with Gasteiger partial charge in [0.05, 0.1) is 0 Å². The zero-order chi connectivity index (χ0) is 10.7. The lowest BCUT2D eigenvalue weighted by atomic mass is 9.34. The number of aryl methyl sites for hydroxylation is 1. The molecule has 3 aliphatic rings. The van der Waals surface area contributed by atoms with Gasteiger partial charge in [0.25, 0.3) is 0 Å². The van der Waals surface area contributed by atoms with Gasteiger partial charge in [0.1, 0.15) is 5.82 Å². The van der Waals surface area contributed by atoms with E-state index in [9.17, 15) is 4.39 Å². The Hall–Kier alpha value is -0.560. The van der Waals surface area contributed by atoms with E-state index in [0.29, 0.717) is 5.41 Å². The SMILES string of the molecule is Cc1ccc(F)cc1C12CC(CCl)(C1)C2. The van der Waals surface area contributed by atoms with Gasteiger partial charge in [0, 0.05) is 5.88 Å². The van der Waals surface area contributed by atoms with Gasteiger partial charge < -0.3 is 0 Å². The first-order valence-corrected chi connectivity index (χ1v) is 5.95. The summed E-state index contributed by atoms with van der Waals surface area (Å²) in [5, 5.41) is 0. The van der Waals surface area contributed by atoms with Gasteiger partial charge in [-0.25, -0.2) is 4.39 Å². The third-order valence-corrected chi connectivity index (χ3v) is 4.76. The molecule has 0 aromatic heterocycles. The van der Waals surface area contributed by atoms with Crippen LogP contribution in [0.2, 0.25) is 0 Å². The van der Waals surface area contributed by atoms with Gasteiger partial charge in [-0.1, -0.05) is 6.07 Å². The van der Waals surface area contributed by atoms with E-state index in [1.807, 2.05) is 6.07 Å². The summed E-state index contributed by atoms with van der Waals surface area (Å²) in [6.45, 7) is 2.07. The molecule has 0 saturated heterocycles. The Labute approximate surface area is 94.4 Å². The maximum absolute atomic E-state index is 13.2. The molecule has 80 valence electrons. The molecule has 15 heavy (non-hydrogen) atoms. The van der Waals surface area contributed by atoms with Crippen LogP contribution in [0.5, 0.6) is 0 Å². The van der Waals surface area contributed by atoms with Crippen LogP contribution in [0, 0.1) is 18.2 Å². The molecule has 1 aromatic rings. The van der Waals surface area contributed by atoms with E-state index in [-0.39, 0.29) is 11.2 Å². The van der Waals surface area contributed by atoms with Crippen molar-refractivity contribution in [2.75, 3.05) is 5.88 Å². The van der Waals surface area contributed by atoms with E-state index in [1.165, 1.54) is 11.1 Å². The normalized spacial score (nSPS) is 37.0. The lowest BCUT2D eigenvalue weighted by Gasteiger charge is -2.71. The topological polar surface area (TPSA) is 0 Å². The summed E-state index contributed by atoms with van der Waals surface area (Å²) < 4.78 is 13.2. The Balaban J connectivity index is 1.93. The minimum absolute atomic E-state index is 0.111. The summed E-state index contributed by atoms with van der Waals surface area (Å²) in [4.78, 5) is 0. The van der Waals surface area contributed by atoms with Crippen molar-refractivity contribution < 1.29 is 4.39 Å². The molecule has 0 radical (unpaired) electrons. The number of halogens is 2. The van der Waals surface area contributed by atoms with Gasteiger partial charge in [-0.15, -0.1) is 11.6 Å². The second-order valence-corrected chi connectivity index (χ2v) is 5.67. The molecule has 1 aromatic carbocycles. The Bertz CT molecular complexity index is 405. The standard InChI is InChI=1S/C13H14ClF/c1-9-2-3-10(15)4-11(9)13-5-12(6-13,7-13)8-14/h2-4H,5-8H2,1H3. The summed E-state index contributed by atoms with van der Waals surface area (Å²) in [5.41, 5.74) is 3.12. The Morgan fingerprint density at radius 2 is 2.00 bits per heavy atom. The van der Waals surface area contributed by atoms with Gasteiger partial charge in [-0.3, -0.25) is 0 Å². The zero-order valence-corrected chi connectivity index (χ0v) is 9.57. The van der Waals surface area contributed by atoms with E-state index < -0.39 is 0 Å². The van der Waals surface area contributed by atoms with Gasteiger partial charge >= 0.3 is 0 Å². The van der Waals surface area contributed by atoms with Crippen molar-refractivity contribution >= 4 is 11.6 Å². The van der Waals surface area contributed by atoms with Crippen molar-refractivity contribution in [3.05, 3.63) is 35.1 Å². The fraction of sp³-hybridized carbons (Fsp3) is 0.538. The van der Waals surface area contributed by atoms with E-state index in [1.54, 1.807) is 12.1 Å². The van der Waals surface area contributed by atoms with E-state index >= 15 is 0 Å². The van der Waals surface area contributed by atoms with Crippen molar-refractivity contribution in [1.29, 1.82) is 0 Å². The number of hydrogen-bond donors (Lipinski definition) is 0. The van der Waals surface area contributed by atoms with E-state index in [2.05, 4.69) is 6.92 Å². The quantitative estimate of drug-likeness (QED) is 0.671. The van der Waals surface area contributed by atoms with Crippen molar-refractivity contribution in [3.8, 4) is 0 Å². The van der Waals surface area contributed by atoms with Crippen molar-refractivity contribution in [2.45, 2.75) is 31.6 Å². The molecule has 2 heteroatoms. The van der Waals surface area contributed by atoms with Gasteiger partial charge in [0.15, 0.2) is 0 Å². The van der Waals surface area contributed by atoms with Crippen LogP contribution in [0.3, 0.4) is 0 Å². The molecule has 0 aliphatic heterocycles. The lowest BCUT2D eigenvalue weighted by molar-refractivity contribution is -0.122. The molecule has 0 heterocycles. The van der Waals surface area contributed by atoms with E-state index in [0.717, 1.165) is 25.1 Å². The molecular formula is C13H14ClF. The van der Waals surface area contributed by atoms with E-state index in [4.69, 9.17) is 11.6 Å². The van der Waals surface area contributed by atoms with Crippen molar-refractivity contribution in [1.82, 2.24) is 0 Å². The Kier molecular flexibility index (Phi) is 1.78. The highest BCUT2D eigenvalue weighted by molar-refractivity contribution is 6.18. The van der Waals surface area contributed by atoms with Crippen LogP contribution in [0.4, 0.5) is 4.39 Å². The first-order chi connectivity index (χ1) is 7.09. The molecular weight excluding hydrogens is 211 g/mol. The molecule has 0 atom stereocenters. The molecule has 3 saturated carbocycles. The first-order valence-electron chi connectivity index (χ1n) is 5.42. The van der Waals surface area contributed by atoms with Crippen molar-refractivity contribution in [2.24, 2.45) is 5.41 Å². The predicted molar refractivity (Wildman–Crippen MR) is 59.8 cm³/mol. The largest absolute Gasteiger partial charge is 0.207 e. The Morgan fingerprint density at radius 3 is 2.60 bits per heavy atom. The first kappa shape index (κ1) is 9.65. The highest BCUT2D eigenvalue weighted by Gasteiger charge is 2.67. The second-order valence-electron chi connectivity index (χ2n) is 5.40. The maximum atomic E-state index is 13.2. The number of alkyl halides is 1. The molecule has 3 fully saturated rings. The molecule has 4 rings (SSSR count). The average Bonchev–Trinajstić information content (AvgIpc) is 2.07. The summed E-state index contributed by atoms with van der Waals surface area (Å²) in [7, 11) is 0. The lowest BCUT2D eigenvalue weighted by Crippen LogP contribution is -2.65. The molecule has 0 spiro atoms. The Morgan fingerprint density at radius 1 is 1.33 bits per heavy atom. The summed E-state index contributed by atoms with van der Waals surface area (Å²) in [6, 6.07) is 5.15.